The molecule has 33 heavy (non-hydrogen) atoms. The highest BCUT2D eigenvalue weighted by molar-refractivity contribution is 7.14. The number of thiazole rings is 1. The molecule has 0 aliphatic carbocycles. The predicted octanol–water partition coefficient (Wildman–Crippen LogP) is 5.63. The summed E-state index contributed by atoms with van der Waals surface area (Å²) in [6, 6.07) is 11.6. The van der Waals surface area contributed by atoms with Crippen molar-refractivity contribution in [3.63, 3.8) is 0 Å². The molecule has 0 spiro atoms. The van der Waals surface area contributed by atoms with E-state index < -0.39 is 23.8 Å². The van der Waals surface area contributed by atoms with E-state index in [1.54, 1.807) is 36.5 Å². The fourth-order valence-electron chi connectivity index (χ4n) is 2.75. The molecule has 0 atom stereocenters. The van der Waals surface area contributed by atoms with Gasteiger partial charge in [0.2, 0.25) is 0 Å². The van der Waals surface area contributed by atoms with Gasteiger partial charge in [0.15, 0.2) is 16.7 Å². The van der Waals surface area contributed by atoms with Gasteiger partial charge < -0.3 is 10.1 Å². The number of nitrogens with one attached hydrogen (secondary N) is 2. The minimum absolute atomic E-state index is 0.0600. The maximum atomic E-state index is 14.5. The lowest BCUT2D eigenvalue weighted by molar-refractivity contribution is -0.275. The summed E-state index contributed by atoms with van der Waals surface area (Å²) in [7, 11) is 0. The molecule has 4 rings (SSSR count). The van der Waals surface area contributed by atoms with Crippen LogP contribution in [0.4, 0.5) is 34.2 Å². The lowest BCUT2D eigenvalue weighted by Gasteiger charge is -2.11. The third-order valence-corrected chi connectivity index (χ3v) is 4.95. The molecule has 0 aliphatic heterocycles. The van der Waals surface area contributed by atoms with Crippen molar-refractivity contribution in [1.29, 1.82) is 0 Å². The fourth-order valence-corrected chi connectivity index (χ4v) is 3.46. The summed E-state index contributed by atoms with van der Waals surface area (Å²) in [4.78, 5) is 24.5. The Morgan fingerprint density at radius 1 is 1.06 bits per heavy atom. The van der Waals surface area contributed by atoms with Crippen LogP contribution in [-0.2, 0) is 0 Å². The van der Waals surface area contributed by atoms with E-state index in [9.17, 15) is 22.4 Å². The topological polar surface area (TPSA) is 89.0 Å². The molecular formula is C21H13F4N5O2S. The Morgan fingerprint density at radius 3 is 2.55 bits per heavy atom. The Hall–Kier alpha value is -4.06. The molecular weight excluding hydrogens is 462 g/mol. The number of alkyl halides is 3. The average Bonchev–Trinajstić information content (AvgIpc) is 3.23. The lowest BCUT2D eigenvalue weighted by atomic mass is 10.1. The number of aromatic nitrogens is 3. The Morgan fingerprint density at radius 2 is 1.85 bits per heavy atom. The van der Waals surface area contributed by atoms with Gasteiger partial charge in [0, 0.05) is 28.4 Å². The molecule has 4 aromatic rings. The van der Waals surface area contributed by atoms with E-state index in [0.29, 0.717) is 17.1 Å². The van der Waals surface area contributed by atoms with Crippen molar-refractivity contribution in [1.82, 2.24) is 15.0 Å². The van der Waals surface area contributed by atoms with Crippen LogP contribution in [0.1, 0.15) is 10.4 Å². The number of amides is 1. The molecule has 2 aromatic heterocycles. The molecule has 0 saturated carbocycles. The molecule has 168 valence electrons. The van der Waals surface area contributed by atoms with Gasteiger partial charge in [0.1, 0.15) is 12.1 Å². The first-order valence-electron chi connectivity index (χ1n) is 9.23. The van der Waals surface area contributed by atoms with Crippen molar-refractivity contribution in [3.05, 3.63) is 77.8 Å². The zero-order valence-corrected chi connectivity index (χ0v) is 17.2. The lowest BCUT2D eigenvalue weighted by Crippen LogP contribution is -2.18. The summed E-state index contributed by atoms with van der Waals surface area (Å²) >= 11 is 1.00. The van der Waals surface area contributed by atoms with Gasteiger partial charge in [-0.15, -0.1) is 24.5 Å². The van der Waals surface area contributed by atoms with Gasteiger partial charge in [-0.05, 0) is 42.5 Å². The van der Waals surface area contributed by atoms with Gasteiger partial charge in [0.05, 0.1) is 5.69 Å². The van der Waals surface area contributed by atoms with Crippen molar-refractivity contribution in [2.45, 2.75) is 6.36 Å². The Bertz CT molecular complexity index is 1260. The summed E-state index contributed by atoms with van der Waals surface area (Å²) < 4.78 is 55.5. The summed E-state index contributed by atoms with van der Waals surface area (Å²) in [5, 5.41) is 7.21. The van der Waals surface area contributed by atoms with Crippen LogP contribution in [0.15, 0.2) is 66.4 Å². The third kappa shape index (κ3) is 5.60. The van der Waals surface area contributed by atoms with Crippen LogP contribution in [0.5, 0.6) is 5.75 Å². The highest BCUT2D eigenvalue weighted by Gasteiger charge is 2.33. The molecule has 2 heterocycles. The normalized spacial score (nSPS) is 11.2. The Kier molecular flexibility index (Phi) is 6.18. The van der Waals surface area contributed by atoms with E-state index in [1.165, 1.54) is 23.8 Å². The number of hydrogen-bond donors (Lipinski definition) is 2. The van der Waals surface area contributed by atoms with Crippen molar-refractivity contribution in [2.75, 3.05) is 10.6 Å². The summed E-state index contributed by atoms with van der Waals surface area (Å²) in [5.74, 6) is -2.03. The van der Waals surface area contributed by atoms with Crippen molar-refractivity contribution in [3.8, 4) is 17.0 Å². The molecule has 0 unspecified atom stereocenters. The molecule has 0 radical (unpaired) electrons. The smallest absolute Gasteiger partial charge is 0.403 e. The third-order valence-electron chi connectivity index (χ3n) is 4.19. The summed E-state index contributed by atoms with van der Waals surface area (Å²) in [5.41, 5.74) is 0.920. The van der Waals surface area contributed by atoms with Gasteiger partial charge >= 0.3 is 6.36 Å². The first-order valence-corrected chi connectivity index (χ1v) is 10.1. The largest absolute Gasteiger partial charge is 0.573 e. The van der Waals surface area contributed by atoms with Crippen LogP contribution in [0.25, 0.3) is 11.3 Å². The van der Waals surface area contributed by atoms with Crippen LogP contribution >= 0.6 is 11.3 Å². The van der Waals surface area contributed by atoms with E-state index in [-0.39, 0.29) is 16.4 Å². The second kappa shape index (κ2) is 9.20. The van der Waals surface area contributed by atoms with E-state index in [2.05, 4.69) is 30.3 Å². The van der Waals surface area contributed by atoms with Crippen LogP contribution in [-0.4, -0.2) is 27.2 Å². The minimum Gasteiger partial charge on any atom is -0.403 e. The van der Waals surface area contributed by atoms with E-state index in [0.717, 1.165) is 17.4 Å². The highest BCUT2D eigenvalue weighted by atomic mass is 32.1. The van der Waals surface area contributed by atoms with E-state index in [4.69, 9.17) is 0 Å². The molecule has 0 bridgehead atoms. The number of ether oxygens (including phenoxy) is 1. The first-order chi connectivity index (χ1) is 15.8. The van der Waals surface area contributed by atoms with Crippen LogP contribution in [0, 0.1) is 5.82 Å². The number of carbonyl (C=O) groups excluding carboxylic acids is 1. The first kappa shape index (κ1) is 22.1. The van der Waals surface area contributed by atoms with Gasteiger partial charge in [0.25, 0.3) is 5.91 Å². The quantitative estimate of drug-likeness (QED) is 0.351. The standard InChI is InChI=1S/C21H13F4N5O2S/c22-18-14(2-1-3-16(18)32-21(23,24)25)15-10-33-20(29-15)30-19(31)12-4-6-13(7-5-12)28-17-8-9-26-11-27-17/h1-11H,(H,26,27,28)(H,29,30,31). The minimum atomic E-state index is -5.03. The number of carbonyl (C=O) groups is 1. The SMILES string of the molecule is O=C(Nc1nc(-c2cccc(OC(F)(F)F)c2F)cs1)c1ccc(Nc2ccncn2)cc1. The maximum absolute atomic E-state index is 14.5. The van der Waals surface area contributed by atoms with Crippen molar-refractivity contribution < 1.29 is 27.1 Å². The molecule has 1 amide bonds. The molecule has 2 aromatic carbocycles. The molecule has 12 heteroatoms. The Labute approximate surface area is 188 Å². The zero-order chi connectivity index (χ0) is 23.4. The number of hydrogen-bond acceptors (Lipinski definition) is 7. The summed E-state index contributed by atoms with van der Waals surface area (Å²) in [6.45, 7) is 0. The zero-order valence-electron chi connectivity index (χ0n) is 16.4. The van der Waals surface area contributed by atoms with E-state index in [1.807, 2.05) is 0 Å². The summed E-state index contributed by atoms with van der Waals surface area (Å²) in [6.07, 6.45) is -2.04. The number of benzene rings is 2. The molecule has 7 nitrogen and oxygen atoms in total. The second-order valence-electron chi connectivity index (χ2n) is 6.45. The molecule has 0 aliphatic rings. The molecule has 2 N–H and O–H groups in total. The van der Waals surface area contributed by atoms with Crippen LogP contribution in [0.2, 0.25) is 0 Å². The maximum Gasteiger partial charge on any atom is 0.573 e. The van der Waals surface area contributed by atoms with Gasteiger partial charge in [-0.25, -0.2) is 19.3 Å². The van der Waals surface area contributed by atoms with Gasteiger partial charge in [-0.3, -0.25) is 10.1 Å². The fraction of sp³-hybridized carbons (Fsp3) is 0.0476. The Balaban J connectivity index is 1.45. The molecule has 0 fully saturated rings. The number of nitrogens with zero attached hydrogens (tertiary/aromatic N) is 3. The van der Waals surface area contributed by atoms with Gasteiger partial charge in [-0.2, -0.15) is 0 Å². The average molecular weight is 475 g/mol. The monoisotopic (exact) mass is 475 g/mol. The number of anilines is 3. The van der Waals surface area contributed by atoms with Crippen molar-refractivity contribution >= 4 is 33.9 Å². The van der Waals surface area contributed by atoms with Crippen molar-refractivity contribution in [2.24, 2.45) is 0 Å². The van der Waals surface area contributed by atoms with Gasteiger partial charge in [-0.1, -0.05) is 6.07 Å². The van der Waals surface area contributed by atoms with Crippen LogP contribution < -0.4 is 15.4 Å². The predicted molar refractivity (Wildman–Crippen MR) is 114 cm³/mol. The van der Waals surface area contributed by atoms with Crippen LogP contribution in [0.3, 0.4) is 0 Å². The molecule has 0 saturated heterocycles. The highest BCUT2D eigenvalue weighted by Crippen LogP contribution is 2.33. The van der Waals surface area contributed by atoms with E-state index >= 15 is 0 Å². The number of rotatable bonds is 6. The second-order valence-corrected chi connectivity index (χ2v) is 7.31. The number of halogens is 4.